The van der Waals surface area contributed by atoms with E-state index in [0.29, 0.717) is 11.1 Å². The molecule has 13 nitrogen and oxygen atoms in total. The van der Waals surface area contributed by atoms with E-state index < -0.39 is 56.4 Å². The van der Waals surface area contributed by atoms with Crippen LogP contribution >= 0.6 is 11.3 Å². The number of ketones is 1. The number of nitrogens with one attached hydrogen (secondary N) is 3. The third-order valence-corrected chi connectivity index (χ3v) is 12.8. The van der Waals surface area contributed by atoms with E-state index in [-0.39, 0.29) is 58.1 Å². The van der Waals surface area contributed by atoms with Crippen LogP contribution in [-0.4, -0.2) is 51.4 Å². The molecule has 3 aromatic rings. The maximum absolute atomic E-state index is 14.1. The first kappa shape index (κ1) is 32.4. The van der Waals surface area contributed by atoms with Crippen LogP contribution in [0.2, 0.25) is 0 Å². The molecule has 2 saturated carbocycles. The van der Waals surface area contributed by atoms with Gasteiger partial charge in [-0.2, -0.15) is 21.6 Å². The van der Waals surface area contributed by atoms with E-state index in [0.717, 1.165) is 30.6 Å². The molecule has 252 valence electrons. The topological polar surface area (TPSA) is 180 Å². The first-order valence-corrected chi connectivity index (χ1v) is 19.0. The minimum atomic E-state index is -4.49. The zero-order valence-corrected chi connectivity index (χ0v) is 27.6. The second-order valence-corrected chi connectivity index (χ2v) is 16.2. The molecule has 5 atom stereocenters. The van der Waals surface area contributed by atoms with Crippen molar-refractivity contribution in [2.45, 2.75) is 49.9 Å². The number of sulfonamides is 1. The fourth-order valence-electron chi connectivity index (χ4n) is 7.34. The molecule has 0 radical (unpaired) electrons. The summed E-state index contributed by atoms with van der Waals surface area (Å²) >= 11 is 0.941. The van der Waals surface area contributed by atoms with Gasteiger partial charge in [0.05, 0.1) is 0 Å². The average molecular weight is 716 g/mol. The number of hydrogen-bond donors (Lipinski definition) is 3. The Bertz CT molecular complexity index is 2040. The molecular weight excluding hydrogens is 686 g/mol. The van der Waals surface area contributed by atoms with E-state index in [2.05, 4.69) is 14.4 Å². The molecule has 1 aromatic heterocycles. The normalized spacial score (nSPS) is 25.6. The second kappa shape index (κ2) is 12.4. The van der Waals surface area contributed by atoms with E-state index in [4.69, 9.17) is 4.74 Å². The van der Waals surface area contributed by atoms with Gasteiger partial charge in [0.15, 0.2) is 11.7 Å². The van der Waals surface area contributed by atoms with Crippen LogP contribution in [0.1, 0.15) is 36.0 Å². The number of hydrogen-bond acceptors (Lipinski definition) is 10. The van der Waals surface area contributed by atoms with Crippen LogP contribution in [0.4, 0.5) is 14.2 Å². The van der Waals surface area contributed by atoms with Crippen molar-refractivity contribution in [1.29, 1.82) is 0 Å². The summed E-state index contributed by atoms with van der Waals surface area (Å²) < 4.78 is 78.4. The number of thiophene rings is 1. The summed E-state index contributed by atoms with van der Waals surface area (Å²) in [5, 5.41) is 4.36. The van der Waals surface area contributed by atoms with Gasteiger partial charge >= 0.3 is 16.3 Å². The Morgan fingerprint density at radius 3 is 2.54 bits per heavy atom. The summed E-state index contributed by atoms with van der Waals surface area (Å²) in [4.78, 5) is 41.5. The maximum atomic E-state index is 14.1. The largest absolute Gasteiger partial charge is 0.444 e. The standard InChI is InChI=1S/C31H30FN5O8S3/c32-22-10-6-17(7-11-22)14-37-25-20-9-8-19(12-20)23(25)26(38)24(30(37)39)28-34-29-27(47(41,42)35-28)21(16-46-29)13-33-48(43,44)36-31(40)45-15-18-4-2-1-3-5-18/h1-7,10-11,16,19-20,23-25,33H,8-9,12-15H2,(H,34,35)(H,36,40)/t19-,20+,23+,24?,25-/m0/s1. The van der Waals surface area contributed by atoms with Gasteiger partial charge in [-0.15, -0.1) is 15.7 Å². The van der Waals surface area contributed by atoms with Crippen molar-refractivity contribution < 1.29 is 40.3 Å². The van der Waals surface area contributed by atoms with Crippen LogP contribution in [0.25, 0.3) is 0 Å². The molecule has 4 aliphatic rings. The number of nitrogens with zero attached hydrogens (tertiary/aromatic N) is 2. The molecule has 1 unspecified atom stereocenters. The maximum Gasteiger partial charge on any atom is 0.422 e. The van der Waals surface area contributed by atoms with Crippen molar-refractivity contribution in [2.24, 2.45) is 28.1 Å². The summed E-state index contributed by atoms with van der Waals surface area (Å²) in [7, 11) is -8.95. The number of rotatable bonds is 9. The smallest absolute Gasteiger partial charge is 0.422 e. The molecule has 3 heterocycles. The molecule has 2 aliphatic heterocycles. The first-order valence-electron chi connectivity index (χ1n) is 15.2. The lowest BCUT2D eigenvalue weighted by atomic mass is 9.73. The molecule has 17 heteroatoms. The average Bonchev–Trinajstić information content (AvgIpc) is 3.78. The highest BCUT2D eigenvalue weighted by Crippen LogP contribution is 2.54. The molecule has 0 spiro atoms. The van der Waals surface area contributed by atoms with Crippen molar-refractivity contribution in [2.75, 3.05) is 5.32 Å². The highest BCUT2D eigenvalue weighted by Gasteiger charge is 2.60. The first-order chi connectivity index (χ1) is 22.9. The Balaban J connectivity index is 1.08. The minimum Gasteiger partial charge on any atom is -0.444 e. The molecule has 7 rings (SSSR count). The van der Waals surface area contributed by atoms with Crippen LogP contribution in [0.15, 0.2) is 69.3 Å². The van der Waals surface area contributed by atoms with Crippen LogP contribution in [0.3, 0.4) is 0 Å². The number of likely N-dealkylation sites (tertiary alicyclic amines) is 1. The SMILES string of the molecule is O=C(NS(=O)(=O)NCc1csc2c1S(=O)(=O)N=C(C1C(=O)[C@@H]3[C@H]4CC[C@H](C4)[C@@H]3N(Cc3ccc(F)cc3)C1=O)N2)OCc1ccccc1. The Hall–Kier alpha value is -4.19. The number of benzene rings is 2. The van der Waals surface area contributed by atoms with Gasteiger partial charge < -0.3 is 15.0 Å². The molecule has 2 bridgehead atoms. The number of piperidine rings is 1. The van der Waals surface area contributed by atoms with Gasteiger partial charge in [0.25, 0.3) is 10.0 Å². The number of carbonyl (C=O) groups is 3. The highest BCUT2D eigenvalue weighted by molar-refractivity contribution is 7.91. The minimum absolute atomic E-state index is 0.0423. The molecule has 3 N–H and O–H groups in total. The number of amidine groups is 1. The Labute approximate surface area is 279 Å². The summed E-state index contributed by atoms with van der Waals surface area (Å²) in [6.07, 6.45) is 1.30. The van der Waals surface area contributed by atoms with Gasteiger partial charge in [-0.1, -0.05) is 42.5 Å². The summed E-state index contributed by atoms with van der Waals surface area (Å²) in [5.74, 6) is -3.40. The number of amides is 2. The third kappa shape index (κ3) is 6.10. The highest BCUT2D eigenvalue weighted by atomic mass is 32.2. The third-order valence-electron chi connectivity index (χ3n) is 9.33. The lowest BCUT2D eigenvalue weighted by molar-refractivity contribution is -0.153. The van der Waals surface area contributed by atoms with E-state index >= 15 is 0 Å². The lowest BCUT2D eigenvalue weighted by Gasteiger charge is -2.45. The zero-order chi connectivity index (χ0) is 33.8. The molecular formula is C31H30FN5O8S3. The number of carbonyl (C=O) groups excluding carboxylic acids is 3. The number of fused-ring (bicyclic) bond motifs is 6. The monoisotopic (exact) mass is 715 g/mol. The van der Waals surface area contributed by atoms with Crippen LogP contribution < -0.4 is 14.8 Å². The van der Waals surface area contributed by atoms with Crippen molar-refractivity contribution in [3.05, 3.63) is 82.5 Å². The van der Waals surface area contributed by atoms with Crippen LogP contribution in [-0.2, 0) is 54.3 Å². The fraction of sp³-hybridized carbons (Fsp3) is 0.355. The van der Waals surface area contributed by atoms with Gasteiger partial charge in [0.1, 0.15) is 28.2 Å². The summed E-state index contributed by atoms with van der Waals surface area (Å²) in [5.41, 5.74) is 1.37. The van der Waals surface area contributed by atoms with E-state index in [1.807, 2.05) is 0 Å². The quantitative estimate of drug-likeness (QED) is 0.280. The number of halogens is 1. The lowest BCUT2D eigenvalue weighted by Crippen LogP contribution is -2.61. The van der Waals surface area contributed by atoms with Crippen molar-refractivity contribution in [3.63, 3.8) is 0 Å². The molecule has 48 heavy (non-hydrogen) atoms. The van der Waals surface area contributed by atoms with Gasteiger partial charge in [0.2, 0.25) is 5.91 Å². The number of ether oxygens (including phenoxy) is 1. The van der Waals surface area contributed by atoms with Crippen molar-refractivity contribution >= 4 is 60.2 Å². The molecule has 2 aromatic carbocycles. The molecule has 3 fully saturated rings. The number of anilines is 1. The summed E-state index contributed by atoms with van der Waals surface area (Å²) in [6, 6.07) is 14.1. The van der Waals surface area contributed by atoms with E-state index in [1.54, 1.807) is 52.1 Å². The summed E-state index contributed by atoms with van der Waals surface area (Å²) in [6.45, 7) is -0.544. The Morgan fingerprint density at radius 1 is 1.06 bits per heavy atom. The van der Waals surface area contributed by atoms with Crippen molar-refractivity contribution in [1.82, 2.24) is 14.3 Å². The van der Waals surface area contributed by atoms with Gasteiger partial charge in [0, 0.05) is 30.6 Å². The van der Waals surface area contributed by atoms with Gasteiger partial charge in [-0.05, 0) is 59.7 Å². The van der Waals surface area contributed by atoms with E-state index in [1.165, 1.54) is 17.5 Å². The zero-order valence-electron chi connectivity index (χ0n) is 25.2. The molecule has 2 amide bonds. The second-order valence-electron chi connectivity index (χ2n) is 12.3. The van der Waals surface area contributed by atoms with E-state index in [9.17, 15) is 35.6 Å². The van der Waals surface area contributed by atoms with Crippen LogP contribution in [0, 0.1) is 29.5 Å². The fourth-order valence-corrected chi connectivity index (χ4v) is 10.7. The van der Waals surface area contributed by atoms with Gasteiger partial charge in [-0.3, -0.25) is 9.59 Å². The van der Waals surface area contributed by atoms with Crippen molar-refractivity contribution in [3.8, 4) is 0 Å². The molecule has 1 saturated heterocycles. The predicted octanol–water partition coefficient (Wildman–Crippen LogP) is 3.30. The van der Waals surface area contributed by atoms with Gasteiger partial charge in [-0.25, -0.2) is 13.9 Å². The predicted molar refractivity (Wildman–Crippen MR) is 172 cm³/mol. The number of Topliss-reactive ketones (excluding diaryl/α,β-unsaturated/α-hetero) is 1. The Kier molecular flexibility index (Phi) is 8.33. The van der Waals surface area contributed by atoms with Crippen LogP contribution in [0.5, 0.6) is 0 Å². The Morgan fingerprint density at radius 2 is 1.79 bits per heavy atom. The molecule has 2 aliphatic carbocycles.